The molecule has 1 aliphatic carbocycles. The second-order valence-electron chi connectivity index (χ2n) is 2.19. The summed E-state index contributed by atoms with van der Waals surface area (Å²) in [6, 6.07) is 0. The zero-order valence-corrected chi connectivity index (χ0v) is 6.46. The smallest absolute Gasteiger partial charge is 0.321 e. The van der Waals surface area contributed by atoms with Crippen molar-refractivity contribution in [1.82, 2.24) is 0 Å². The molecule has 9 heavy (non-hydrogen) atoms. The van der Waals surface area contributed by atoms with Crippen molar-refractivity contribution in [3.8, 4) is 0 Å². The molecule has 0 atom stereocenters. The topological polar surface area (TPSA) is 26.3 Å². The molecule has 0 saturated heterocycles. The van der Waals surface area contributed by atoms with Crippen LogP contribution in [-0.4, -0.2) is 24.1 Å². The molecule has 0 unspecified atom stereocenters. The number of rotatable bonds is 2. The lowest BCUT2D eigenvalue weighted by Gasteiger charge is -2.06. The fourth-order valence-electron chi connectivity index (χ4n) is 0.791. The Kier molecular flexibility index (Phi) is 1.70. The van der Waals surface area contributed by atoms with Crippen molar-refractivity contribution in [3.05, 3.63) is 0 Å². The van der Waals surface area contributed by atoms with Crippen molar-refractivity contribution in [2.24, 2.45) is 0 Å². The Morgan fingerprint density at radius 3 is 2.33 bits per heavy atom. The number of esters is 1. The highest BCUT2D eigenvalue weighted by Crippen LogP contribution is 2.47. The summed E-state index contributed by atoms with van der Waals surface area (Å²) in [5.41, 5.74) is 0. The molecule has 3 heteroatoms. The highest BCUT2D eigenvalue weighted by molar-refractivity contribution is 8.01. The van der Waals surface area contributed by atoms with Gasteiger partial charge in [0.25, 0.3) is 0 Å². The van der Waals surface area contributed by atoms with Crippen LogP contribution in [0.1, 0.15) is 12.8 Å². The zero-order chi connectivity index (χ0) is 6.91. The minimum absolute atomic E-state index is 0.0602. The van der Waals surface area contributed by atoms with Gasteiger partial charge in [-0.3, -0.25) is 4.79 Å². The highest BCUT2D eigenvalue weighted by Gasteiger charge is 2.50. The lowest BCUT2D eigenvalue weighted by atomic mass is 10.4. The molecule has 0 aromatic carbocycles. The molecule has 0 aromatic heterocycles. The van der Waals surface area contributed by atoms with Crippen LogP contribution in [0, 0.1) is 0 Å². The molecule has 0 N–H and O–H groups in total. The number of carbonyl (C=O) groups is 1. The Labute approximate surface area is 59.0 Å². The maximum absolute atomic E-state index is 10.9. The van der Waals surface area contributed by atoms with Gasteiger partial charge in [0.05, 0.1) is 7.11 Å². The van der Waals surface area contributed by atoms with Crippen LogP contribution < -0.4 is 0 Å². The average Bonchev–Trinajstić information content (AvgIpc) is 2.66. The van der Waals surface area contributed by atoms with Crippen LogP contribution in [0.25, 0.3) is 0 Å². The lowest BCUT2D eigenvalue weighted by Crippen LogP contribution is -2.19. The molecule has 1 aliphatic rings. The van der Waals surface area contributed by atoms with E-state index >= 15 is 0 Å². The van der Waals surface area contributed by atoms with Gasteiger partial charge in [-0.05, 0) is 19.1 Å². The molecular formula is C6H10O2S. The first-order valence-electron chi connectivity index (χ1n) is 2.89. The van der Waals surface area contributed by atoms with Crippen LogP contribution in [0.2, 0.25) is 0 Å². The Morgan fingerprint density at radius 2 is 2.22 bits per heavy atom. The van der Waals surface area contributed by atoms with Crippen LogP contribution in [0.15, 0.2) is 0 Å². The molecule has 0 spiro atoms. The van der Waals surface area contributed by atoms with E-state index in [9.17, 15) is 4.79 Å². The van der Waals surface area contributed by atoms with E-state index in [1.807, 2.05) is 6.26 Å². The first-order chi connectivity index (χ1) is 4.25. The van der Waals surface area contributed by atoms with Gasteiger partial charge in [0.1, 0.15) is 4.75 Å². The van der Waals surface area contributed by atoms with Gasteiger partial charge in [0.15, 0.2) is 0 Å². The largest absolute Gasteiger partial charge is 0.468 e. The summed E-state index contributed by atoms with van der Waals surface area (Å²) in [4.78, 5) is 10.9. The van der Waals surface area contributed by atoms with Gasteiger partial charge in [-0.25, -0.2) is 0 Å². The number of thioether (sulfide) groups is 1. The summed E-state index contributed by atoms with van der Waals surface area (Å²) in [5.74, 6) is -0.0602. The van der Waals surface area contributed by atoms with Crippen molar-refractivity contribution >= 4 is 17.7 Å². The fourth-order valence-corrected chi connectivity index (χ4v) is 1.55. The van der Waals surface area contributed by atoms with Gasteiger partial charge in [0, 0.05) is 0 Å². The summed E-state index contributed by atoms with van der Waals surface area (Å²) in [6.07, 6.45) is 3.92. The van der Waals surface area contributed by atoms with Gasteiger partial charge < -0.3 is 4.74 Å². The third kappa shape index (κ3) is 1.06. The number of ether oxygens (including phenoxy) is 1. The van der Waals surface area contributed by atoms with Crippen molar-refractivity contribution in [2.75, 3.05) is 13.4 Å². The number of hydrogen-bond donors (Lipinski definition) is 0. The monoisotopic (exact) mass is 146 g/mol. The van der Waals surface area contributed by atoms with Crippen molar-refractivity contribution in [2.45, 2.75) is 17.6 Å². The van der Waals surface area contributed by atoms with E-state index in [4.69, 9.17) is 0 Å². The Balaban J connectivity index is 2.49. The fraction of sp³-hybridized carbons (Fsp3) is 0.833. The predicted molar refractivity (Wildman–Crippen MR) is 37.5 cm³/mol. The van der Waals surface area contributed by atoms with E-state index in [1.54, 1.807) is 11.8 Å². The minimum atomic E-state index is -0.144. The van der Waals surface area contributed by atoms with Gasteiger partial charge in [-0.1, -0.05) is 0 Å². The molecule has 0 aromatic rings. The zero-order valence-electron chi connectivity index (χ0n) is 5.64. The van der Waals surface area contributed by atoms with Crippen LogP contribution in [0.4, 0.5) is 0 Å². The summed E-state index contributed by atoms with van der Waals surface area (Å²) in [5, 5.41) is 0. The predicted octanol–water partition coefficient (Wildman–Crippen LogP) is 1.05. The number of hydrogen-bond acceptors (Lipinski definition) is 3. The first-order valence-corrected chi connectivity index (χ1v) is 4.11. The molecule has 0 bridgehead atoms. The minimum Gasteiger partial charge on any atom is -0.468 e. The molecule has 0 amide bonds. The highest BCUT2D eigenvalue weighted by atomic mass is 32.2. The third-order valence-electron chi connectivity index (χ3n) is 1.65. The van der Waals surface area contributed by atoms with Crippen molar-refractivity contribution in [3.63, 3.8) is 0 Å². The van der Waals surface area contributed by atoms with E-state index in [2.05, 4.69) is 4.74 Å². The van der Waals surface area contributed by atoms with Crippen molar-refractivity contribution < 1.29 is 9.53 Å². The second kappa shape index (κ2) is 2.21. The van der Waals surface area contributed by atoms with E-state index < -0.39 is 0 Å². The SMILES string of the molecule is COC(=O)C1(SC)CC1. The van der Waals surface area contributed by atoms with Crippen LogP contribution >= 0.6 is 11.8 Å². The molecule has 1 rings (SSSR count). The van der Waals surface area contributed by atoms with E-state index in [-0.39, 0.29) is 10.7 Å². The Bertz CT molecular complexity index is 129. The normalized spacial score (nSPS) is 21.1. The number of methoxy groups -OCH3 is 1. The molecule has 1 fully saturated rings. The first kappa shape index (κ1) is 6.93. The van der Waals surface area contributed by atoms with Gasteiger partial charge in [-0.2, -0.15) is 0 Å². The molecule has 52 valence electrons. The maximum atomic E-state index is 10.9. The Hall–Kier alpha value is -0.180. The van der Waals surface area contributed by atoms with Crippen LogP contribution in [0.5, 0.6) is 0 Å². The number of carbonyl (C=O) groups excluding carboxylic acids is 1. The van der Waals surface area contributed by atoms with Gasteiger partial charge in [0.2, 0.25) is 0 Å². The van der Waals surface area contributed by atoms with Crippen LogP contribution in [0.3, 0.4) is 0 Å². The standard InChI is InChI=1S/C6H10O2S/c1-8-5(7)6(9-2)3-4-6/h3-4H2,1-2H3. The Morgan fingerprint density at radius 1 is 1.67 bits per heavy atom. The lowest BCUT2D eigenvalue weighted by molar-refractivity contribution is -0.140. The average molecular weight is 146 g/mol. The summed E-state index contributed by atoms with van der Waals surface area (Å²) >= 11 is 1.60. The summed E-state index contributed by atoms with van der Waals surface area (Å²) < 4.78 is 4.46. The molecule has 0 aliphatic heterocycles. The molecule has 2 nitrogen and oxygen atoms in total. The van der Waals surface area contributed by atoms with Crippen molar-refractivity contribution in [1.29, 1.82) is 0 Å². The summed E-state index contributed by atoms with van der Waals surface area (Å²) in [6.45, 7) is 0. The van der Waals surface area contributed by atoms with Crippen LogP contribution in [-0.2, 0) is 9.53 Å². The molecule has 1 saturated carbocycles. The third-order valence-corrected chi connectivity index (χ3v) is 3.01. The molecule has 0 heterocycles. The van der Waals surface area contributed by atoms with Gasteiger partial charge in [-0.15, -0.1) is 11.8 Å². The van der Waals surface area contributed by atoms with E-state index in [0.29, 0.717) is 0 Å². The second-order valence-corrected chi connectivity index (χ2v) is 3.38. The molecular weight excluding hydrogens is 136 g/mol. The van der Waals surface area contributed by atoms with Gasteiger partial charge >= 0.3 is 5.97 Å². The maximum Gasteiger partial charge on any atom is 0.321 e. The van der Waals surface area contributed by atoms with E-state index in [1.165, 1.54) is 7.11 Å². The summed E-state index contributed by atoms with van der Waals surface area (Å²) in [7, 11) is 1.44. The quantitative estimate of drug-likeness (QED) is 0.545. The molecule has 0 radical (unpaired) electrons. The van der Waals surface area contributed by atoms with E-state index in [0.717, 1.165) is 12.8 Å².